The predicted octanol–water partition coefficient (Wildman–Crippen LogP) is 5.59. The summed E-state index contributed by atoms with van der Waals surface area (Å²) in [7, 11) is 3.58. The summed E-state index contributed by atoms with van der Waals surface area (Å²) in [5.74, 6) is 1.92. The average molecular weight is 592 g/mol. The maximum Gasteiger partial charge on any atom is 0.251 e. The number of hydrogen-bond acceptors (Lipinski definition) is 6. The van der Waals surface area contributed by atoms with Gasteiger partial charge < -0.3 is 19.7 Å². The molecule has 1 aliphatic heterocycles. The lowest BCUT2D eigenvalue weighted by molar-refractivity contribution is -0.133. The summed E-state index contributed by atoms with van der Waals surface area (Å²) < 4.78 is 11.2. The second-order valence-electron chi connectivity index (χ2n) is 12.1. The largest absolute Gasteiger partial charge is 0.497 e. The van der Waals surface area contributed by atoms with Gasteiger partial charge in [0.2, 0.25) is 5.91 Å². The third kappa shape index (κ3) is 8.82. The molecule has 2 atom stereocenters. The number of likely N-dealkylation sites (tertiary alicyclic amines) is 1. The van der Waals surface area contributed by atoms with Gasteiger partial charge in [-0.2, -0.15) is 0 Å². The molecule has 8 nitrogen and oxygen atoms in total. The fourth-order valence-electron chi connectivity index (χ4n) is 6.54. The maximum atomic E-state index is 13.4. The Kier molecular flexibility index (Phi) is 12.0. The van der Waals surface area contributed by atoms with Gasteiger partial charge >= 0.3 is 0 Å². The van der Waals surface area contributed by atoms with Crippen molar-refractivity contribution in [3.05, 3.63) is 59.2 Å². The standard InChI is InChI=1S/C35H49N3O5/c1-5-31(39)34(25-12-8-7-9-13-25)36-35(41)27-15-10-14-26(20-27)28-16-11-19-38(23-28)33(40)24-37(3)22-29-17-18-30(42-4)21-32(29)43-6-2/h10,14-15,17-18,20-21,25,28,34H,5-9,11-13,16,19,22-24H2,1-4H3,(H,36,41)/t28?,34-/m1/s1. The number of likely N-dealkylation sites (N-methyl/N-ethyl adjacent to an activating group) is 1. The molecule has 0 spiro atoms. The van der Waals surface area contributed by atoms with Crippen LogP contribution in [0.15, 0.2) is 42.5 Å². The van der Waals surface area contributed by atoms with Crippen molar-refractivity contribution in [3.8, 4) is 11.5 Å². The van der Waals surface area contributed by atoms with Gasteiger partial charge in [0.25, 0.3) is 5.91 Å². The first-order valence-corrected chi connectivity index (χ1v) is 16.0. The van der Waals surface area contributed by atoms with Gasteiger partial charge in [-0.15, -0.1) is 0 Å². The molecule has 0 bridgehead atoms. The monoisotopic (exact) mass is 591 g/mol. The van der Waals surface area contributed by atoms with E-state index in [1.807, 2.05) is 67.1 Å². The number of methoxy groups -OCH3 is 1. The minimum absolute atomic E-state index is 0.0981. The van der Waals surface area contributed by atoms with Crippen molar-refractivity contribution in [3.63, 3.8) is 0 Å². The third-order valence-electron chi connectivity index (χ3n) is 8.92. The molecule has 0 aromatic heterocycles. The summed E-state index contributed by atoms with van der Waals surface area (Å²) in [5, 5.41) is 3.10. The van der Waals surface area contributed by atoms with E-state index in [1.165, 1.54) is 6.42 Å². The number of Topliss-reactive ketones (excluding diaryl/α,β-unsaturated/α-hetero) is 1. The highest BCUT2D eigenvalue weighted by Crippen LogP contribution is 2.30. The molecule has 1 N–H and O–H groups in total. The van der Waals surface area contributed by atoms with E-state index < -0.39 is 6.04 Å². The molecule has 1 saturated carbocycles. The Hall–Kier alpha value is -3.39. The summed E-state index contributed by atoms with van der Waals surface area (Å²) in [6.45, 7) is 6.63. The number of piperidine rings is 1. The number of nitrogens with zero attached hydrogens (tertiary/aromatic N) is 2. The van der Waals surface area contributed by atoms with Crippen LogP contribution in [0.4, 0.5) is 0 Å². The van der Waals surface area contributed by atoms with Crippen LogP contribution in [0.2, 0.25) is 0 Å². The Morgan fingerprint density at radius 2 is 1.81 bits per heavy atom. The van der Waals surface area contributed by atoms with Crippen molar-refractivity contribution in [2.45, 2.75) is 83.7 Å². The Morgan fingerprint density at radius 1 is 1.02 bits per heavy atom. The van der Waals surface area contributed by atoms with Crippen LogP contribution >= 0.6 is 0 Å². The third-order valence-corrected chi connectivity index (χ3v) is 8.92. The van der Waals surface area contributed by atoms with Crippen LogP contribution < -0.4 is 14.8 Å². The topological polar surface area (TPSA) is 88.2 Å². The highest BCUT2D eigenvalue weighted by Gasteiger charge is 2.31. The Bertz CT molecular complexity index is 1240. The number of rotatable bonds is 13. The molecule has 4 rings (SSSR count). The smallest absolute Gasteiger partial charge is 0.251 e. The van der Waals surface area contributed by atoms with Gasteiger partial charge in [0.05, 0.1) is 26.3 Å². The molecular formula is C35H49N3O5. The van der Waals surface area contributed by atoms with Gasteiger partial charge in [-0.25, -0.2) is 0 Å². The molecule has 1 unspecified atom stereocenters. The predicted molar refractivity (Wildman–Crippen MR) is 169 cm³/mol. The Labute approximate surface area is 257 Å². The van der Waals surface area contributed by atoms with Crippen molar-refractivity contribution in [2.75, 3.05) is 40.4 Å². The number of ether oxygens (including phenoxy) is 2. The fourth-order valence-corrected chi connectivity index (χ4v) is 6.54. The van der Waals surface area contributed by atoms with Crippen molar-refractivity contribution >= 4 is 17.6 Å². The molecular weight excluding hydrogens is 542 g/mol. The van der Waals surface area contributed by atoms with E-state index >= 15 is 0 Å². The van der Waals surface area contributed by atoms with E-state index in [0.717, 1.165) is 67.7 Å². The van der Waals surface area contributed by atoms with E-state index in [-0.39, 0.29) is 29.4 Å². The van der Waals surface area contributed by atoms with Gasteiger partial charge in [-0.05, 0) is 69.3 Å². The number of ketones is 1. The molecule has 43 heavy (non-hydrogen) atoms. The summed E-state index contributed by atoms with van der Waals surface area (Å²) >= 11 is 0. The second-order valence-corrected chi connectivity index (χ2v) is 12.1. The van der Waals surface area contributed by atoms with Crippen LogP contribution in [0.25, 0.3) is 0 Å². The number of benzene rings is 2. The normalized spacial score (nSPS) is 18.3. The van der Waals surface area contributed by atoms with E-state index in [4.69, 9.17) is 9.47 Å². The number of carbonyl (C=O) groups excluding carboxylic acids is 3. The average Bonchev–Trinajstić information content (AvgIpc) is 3.04. The zero-order valence-electron chi connectivity index (χ0n) is 26.4. The second kappa shape index (κ2) is 15.9. The van der Waals surface area contributed by atoms with E-state index in [9.17, 15) is 14.4 Å². The maximum absolute atomic E-state index is 13.4. The molecule has 2 amide bonds. The van der Waals surface area contributed by atoms with Gasteiger partial charge in [0.1, 0.15) is 11.5 Å². The van der Waals surface area contributed by atoms with Crippen LogP contribution in [0.1, 0.15) is 92.6 Å². The molecule has 8 heteroatoms. The van der Waals surface area contributed by atoms with E-state index in [2.05, 4.69) is 11.4 Å². The Balaban J connectivity index is 1.37. The first-order valence-electron chi connectivity index (χ1n) is 16.0. The van der Waals surface area contributed by atoms with Crippen molar-refractivity contribution < 1.29 is 23.9 Å². The lowest BCUT2D eigenvalue weighted by Gasteiger charge is -2.34. The zero-order valence-corrected chi connectivity index (χ0v) is 26.4. The minimum atomic E-state index is -0.413. The van der Waals surface area contributed by atoms with E-state index in [0.29, 0.717) is 38.2 Å². The minimum Gasteiger partial charge on any atom is -0.497 e. The summed E-state index contributed by atoms with van der Waals surface area (Å²) in [5.41, 5.74) is 2.65. The summed E-state index contributed by atoms with van der Waals surface area (Å²) in [6, 6.07) is 13.1. The van der Waals surface area contributed by atoms with E-state index in [1.54, 1.807) is 7.11 Å². The zero-order chi connectivity index (χ0) is 30.8. The highest BCUT2D eigenvalue weighted by molar-refractivity contribution is 5.98. The van der Waals surface area contributed by atoms with Gasteiger partial charge in [0.15, 0.2) is 5.78 Å². The molecule has 0 radical (unpaired) electrons. The van der Waals surface area contributed by atoms with Crippen LogP contribution in [0.5, 0.6) is 11.5 Å². The molecule has 2 fully saturated rings. The van der Waals surface area contributed by atoms with Crippen molar-refractivity contribution in [1.82, 2.24) is 15.1 Å². The van der Waals surface area contributed by atoms with Gasteiger partial charge in [0, 0.05) is 49.2 Å². The highest BCUT2D eigenvalue weighted by atomic mass is 16.5. The Morgan fingerprint density at radius 3 is 2.53 bits per heavy atom. The van der Waals surface area contributed by atoms with Crippen LogP contribution in [-0.4, -0.2) is 73.8 Å². The molecule has 234 valence electrons. The number of carbonyl (C=O) groups is 3. The molecule has 2 aromatic rings. The van der Waals surface area contributed by atoms with Crippen molar-refractivity contribution in [1.29, 1.82) is 0 Å². The lowest BCUT2D eigenvalue weighted by Crippen LogP contribution is -2.46. The molecule has 1 heterocycles. The molecule has 2 aliphatic rings. The molecule has 1 saturated heterocycles. The summed E-state index contributed by atoms with van der Waals surface area (Å²) in [6.07, 6.45) is 7.73. The van der Waals surface area contributed by atoms with Gasteiger partial charge in [-0.1, -0.05) is 44.4 Å². The first kappa shape index (κ1) is 32.5. The van der Waals surface area contributed by atoms with Crippen LogP contribution in [-0.2, 0) is 16.1 Å². The van der Waals surface area contributed by atoms with Gasteiger partial charge in [-0.3, -0.25) is 19.3 Å². The van der Waals surface area contributed by atoms with Crippen molar-refractivity contribution in [2.24, 2.45) is 5.92 Å². The SMILES string of the molecule is CCOc1cc(OC)ccc1CN(C)CC(=O)N1CCCC(c2cccc(C(=O)N[C@@H](C(=O)CC)C3CCCCC3)c2)C1. The number of amides is 2. The molecule has 2 aromatic carbocycles. The first-order chi connectivity index (χ1) is 20.8. The van der Waals surface area contributed by atoms with Crippen LogP contribution in [0, 0.1) is 5.92 Å². The number of nitrogens with one attached hydrogen (secondary N) is 1. The lowest BCUT2D eigenvalue weighted by atomic mass is 9.81. The molecule has 1 aliphatic carbocycles. The fraction of sp³-hybridized carbons (Fsp3) is 0.571. The quantitative estimate of drug-likeness (QED) is 0.327. The summed E-state index contributed by atoms with van der Waals surface area (Å²) in [4.78, 5) is 43.5. The number of hydrogen-bond donors (Lipinski definition) is 1. The van der Waals surface area contributed by atoms with Crippen LogP contribution in [0.3, 0.4) is 0 Å².